The summed E-state index contributed by atoms with van der Waals surface area (Å²) in [4.78, 5) is 2.40. The van der Waals surface area contributed by atoms with Crippen LogP contribution in [0.15, 0.2) is 12.1 Å². The Kier molecular flexibility index (Phi) is 3.83. The maximum absolute atomic E-state index is 11.5. The molecule has 1 aliphatic heterocycles. The highest BCUT2D eigenvalue weighted by molar-refractivity contribution is 7.91. The molecule has 0 saturated carbocycles. The minimum Gasteiger partial charge on any atom is -0.229 e. The van der Waals surface area contributed by atoms with E-state index in [0.717, 1.165) is 4.88 Å². The molecule has 2 unspecified atom stereocenters. The molecule has 1 aromatic heterocycles. The highest BCUT2D eigenvalue weighted by atomic mass is 35.5. The van der Waals surface area contributed by atoms with Gasteiger partial charge in [0.15, 0.2) is 9.84 Å². The Morgan fingerprint density at radius 2 is 2.06 bits per heavy atom. The van der Waals surface area contributed by atoms with Crippen molar-refractivity contribution < 1.29 is 8.42 Å². The molecular formula is C13H19ClO2S2. The molecule has 1 aliphatic rings. The minimum atomic E-state index is -2.85. The predicted octanol–water partition coefficient (Wildman–Crippen LogP) is 3.76. The van der Waals surface area contributed by atoms with Gasteiger partial charge in [0.25, 0.3) is 0 Å². The highest BCUT2D eigenvalue weighted by Gasteiger charge is 2.34. The summed E-state index contributed by atoms with van der Waals surface area (Å²) in [6.07, 6.45) is 0.694. The van der Waals surface area contributed by atoms with Crippen molar-refractivity contribution in [1.29, 1.82) is 0 Å². The van der Waals surface area contributed by atoms with Crippen molar-refractivity contribution in [3.63, 3.8) is 0 Å². The lowest BCUT2D eigenvalue weighted by molar-refractivity contribution is 0.573. The van der Waals surface area contributed by atoms with Gasteiger partial charge in [-0.05, 0) is 29.9 Å². The van der Waals surface area contributed by atoms with E-state index in [1.165, 1.54) is 4.88 Å². The fourth-order valence-electron chi connectivity index (χ4n) is 2.19. The smallest absolute Gasteiger partial charge is 0.150 e. The van der Waals surface area contributed by atoms with E-state index in [0.29, 0.717) is 12.2 Å². The maximum Gasteiger partial charge on any atom is 0.150 e. The van der Waals surface area contributed by atoms with Crippen LogP contribution >= 0.6 is 22.9 Å². The van der Waals surface area contributed by atoms with Crippen LogP contribution in [0.25, 0.3) is 0 Å². The van der Waals surface area contributed by atoms with Gasteiger partial charge in [0.2, 0.25) is 0 Å². The molecule has 1 fully saturated rings. The Morgan fingerprint density at radius 1 is 1.39 bits per heavy atom. The van der Waals surface area contributed by atoms with Crippen LogP contribution in [0.1, 0.15) is 42.3 Å². The van der Waals surface area contributed by atoms with Gasteiger partial charge in [-0.1, -0.05) is 20.8 Å². The normalized spacial score (nSPS) is 25.2. The van der Waals surface area contributed by atoms with Crippen molar-refractivity contribution >= 4 is 32.8 Å². The Morgan fingerprint density at radius 3 is 2.50 bits per heavy atom. The molecule has 2 heterocycles. The van der Waals surface area contributed by atoms with Gasteiger partial charge in [-0.15, -0.1) is 22.9 Å². The summed E-state index contributed by atoms with van der Waals surface area (Å²) >= 11 is 8.16. The van der Waals surface area contributed by atoms with Gasteiger partial charge in [0.05, 0.1) is 16.9 Å². The second-order valence-electron chi connectivity index (χ2n) is 6.02. The van der Waals surface area contributed by atoms with E-state index < -0.39 is 9.84 Å². The lowest BCUT2D eigenvalue weighted by Crippen LogP contribution is -2.10. The van der Waals surface area contributed by atoms with Crippen LogP contribution < -0.4 is 0 Å². The zero-order valence-corrected chi connectivity index (χ0v) is 13.3. The molecule has 0 aliphatic carbocycles. The molecule has 0 bridgehead atoms. The third kappa shape index (κ3) is 3.09. The number of sulfone groups is 1. The standard InChI is InChI=1S/C13H19ClO2S2/c1-13(2,3)11-5-4-10(17-11)12(14)9-6-7-18(15,16)8-9/h4-5,9,12H,6-8H2,1-3H3. The fourth-order valence-corrected chi connectivity index (χ4v) is 5.70. The van der Waals surface area contributed by atoms with Gasteiger partial charge in [0, 0.05) is 9.75 Å². The molecule has 2 atom stereocenters. The second kappa shape index (κ2) is 4.80. The van der Waals surface area contributed by atoms with Crippen molar-refractivity contribution in [2.24, 2.45) is 5.92 Å². The first-order valence-electron chi connectivity index (χ1n) is 6.14. The predicted molar refractivity (Wildman–Crippen MR) is 78.4 cm³/mol. The molecular weight excluding hydrogens is 288 g/mol. The lowest BCUT2D eigenvalue weighted by atomic mass is 9.95. The average molecular weight is 307 g/mol. The number of thiophene rings is 1. The van der Waals surface area contributed by atoms with Crippen LogP contribution in [0.2, 0.25) is 0 Å². The first-order chi connectivity index (χ1) is 8.19. The van der Waals surface area contributed by atoms with Gasteiger partial charge in [-0.25, -0.2) is 8.42 Å². The van der Waals surface area contributed by atoms with Crippen molar-refractivity contribution in [2.45, 2.75) is 38.0 Å². The molecule has 1 aromatic rings. The van der Waals surface area contributed by atoms with E-state index in [4.69, 9.17) is 11.6 Å². The maximum atomic E-state index is 11.5. The summed E-state index contributed by atoms with van der Waals surface area (Å²) in [6.45, 7) is 6.52. The van der Waals surface area contributed by atoms with Gasteiger partial charge in [-0.2, -0.15) is 0 Å². The molecule has 2 nitrogen and oxygen atoms in total. The van der Waals surface area contributed by atoms with Crippen LogP contribution in [0.3, 0.4) is 0 Å². The van der Waals surface area contributed by atoms with Gasteiger partial charge in [0.1, 0.15) is 0 Å². The zero-order chi connectivity index (χ0) is 13.6. The van der Waals surface area contributed by atoms with Gasteiger partial charge in [-0.3, -0.25) is 0 Å². The molecule has 0 N–H and O–H groups in total. The Labute approximate surface area is 118 Å². The largest absolute Gasteiger partial charge is 0.229 e. The third-order valence-corrected chi connectivity index (χ3v) is 7.43. The number of hydrogen-bond donors (Lipinski definition) is 0. The molecule has 0 aromatic carbocycles. The van der Waals surface area contributed by atoms with E-state index in [2.05, 4.69) is 26.8 Å². The Hall–Kier alpha value is -0.0600. The Bertz CT molecular complexity index is 525. The third-order valence-electron chi connectivity index (χ3n) is 3.32. The molecule has 102 valence electrons. The number of hydrogen-bond acceptors (Lipinski definition) is 3. The van der Waals surface area contributed by atoms with Crippen molar-refractivity contribution in [2.75, 3.05) is 11.5 Å². The number of rotatable bonds is 2. The van der Waals surface area contributed by atoms with Crippen LogP contribution in [-0.4, -0.2) is 19.9 Å². The molecule has 2 rings (SSSR count). The summed E-state index contributed by atoms with van der Waals surface area (Å²) in [6, 6.07) is 4.16. The first-order valence-corrected chi connectivity index (χ1v) is 9.21. The van der Waals surface area contributed by atoms with Crippen LogP contribution in [-0.2, 0) is 15.3 Å². The number of alkyl halides is 1. The van der Waals surface area contributed by atoms with E-state index in [1.54, 1.807) is 11.3 Å². The molecule has 5 heteroatoms. The molecule has 0 amide bonds. The molecule has 18 heavy (non-hydrogen) atoms. The summed E-state index contributed by atoms with van der Waals surface area (Å²) in [5, 5.41) is -0.164. The van der Waals surface area contributed by atoms with Crippen LogP contribution in [0.5, 0.6) is 0 Å². The topological polar surface area (TPSA) is 34.1 Å². The van der Waals surface area contributed by atoms with E-state index in [9.17, 15) is 8.42 Å². The second-order valence-corrected chi connectivity index (χ2v) is 9.83. The summed E-state index contributed by atoms with van der Waals surface area (Å²) < 4.78 is 23.0. The van der Waals surface area contributed by atoms with E-state index >= 15 is 0 Å². The van der Waals surface area contributed by atoms with Gasteiger partial charge < -0.3 is 0 Å². The minimum absolute atomic E-state index is 0.0723. The van der Waals surface area contributed by atoms with Crippen molar-refractivity contribution in [3.05, 3.63) is 21.9 Å². The fraction of sp³-hybridized carbons (Fsp3) is 0.692. The highest BCUT2D eigenvalue weighted by Crippen LogP contribution is 2.41. The summed E-state index contributed by atoms with van der Waals surface area (Å²) in [5.74, 6) is 0.602. The first kappa shape index (κ1) is 14.4. The Balaban J connectivity index is 2.15. The van der Waals surface area contributed by atoms with Crippen molar-refractivity contribution in [3.8, 4) is 0 Å². The van der Waals surface area contributed by atoms with Crippen molar-refractivity contribution in [1.82, 2.24) is 0 Å². The average Bonchev–Trinajstić information content (AvgIpc) is 2.82. The molecule has 0 spiro atoms. The molecule has 1 saturated heterocycles. The van der Waals surface area contributed by atoms with Crippen LogP contribution in [0.4, 0.5) is 0 Å². The summed E-state index contributed by atoms with van der Waals surface area (Å²) in [5.41, 5.74) is 0.126. The zero-order valence-electron chi connectivity index (χ0n) is 10.9. The van der Waals surface area contributed by atoms with E-state index in [1.807, 2.05) is 6.07 Å². The lowest BCUT2D eigenvalue weighted by Gasteiger charge is -2.17. The SMILES string of the molecule is CC(C)(C)c1ccc(C(Cl)C2CCS(=O)(=O)C2)s1. The van der Waals surface area contributed by atoms with Gasteiger partial charge >= 0.3 is 0 Å². The summed E-state index contributed by atoms with van der Waals surface area (Å²) in [7, 11) is -2.85. The van der Waals surface area contributed by atoms with Crippen LogP contribution in [0, 0.1) is 5.92 Å². The van der Waals surface area contributed by atoms with E-state index in [-0.39, 0.29) is 22.5 Å². The molecule has 0 radical (unpaired) electrons. The number of halogens is 1. The quantitative estimate of drug-likeness (QED) is 0.780. The monoisotopic (exact) mass is 306 g/mol.